The molecule has 19 heavy (non-hydrogen) atoms. The van der Waals surface area contributed by atoms with E-state index in [-0.39, 0.29) is 5.78 Å². The summed E-state index contributed by atoms with van der Waals surface area (Å²) in [5.74, 6) is 1.59. The number of aryl methyl sites for hydroxylation is 1. The van der Waals surface area contributed by atoms with Crippen LogP contribution in [0, 0.1) is 6.92 Å². The highest BCUT2D eigenvalue weighted by atomic mass is 79.9. The predicted octanol–water partition coefficient (Wildman–Crippen LogP) is 3.97. The van der Waals surface area contributed by atoms with E-state index in [9.17, 15) is 4.79 Å². The zero-order valence-electron chi connectivity index (χ0n) is 11.1. The average Bonchev–Trinajstić information content (AvgIpc) is 2.69. The molecule has 0 saturated carbocycles. The second-order valence-corrected chi connectivity index (χ2v) is 5.00. The van der Waals surface area contributed by atoms with E-state index in [1.807, 2.05) is 38.1 Å². The molecule has 0 saturated heterocycles. The second-order valence-electron chi connectivity index (χ2n) is 4.25. The predicted molar refractivity (Wildman–Crippen MR) is 76.9 cm³/mol. The highest BCUT2D eigenvalue weighted by molar-refractivity contribution is 9.10. The van der Waals surface area contributed by atoms with Gasteiger partial charge in [0, 0.05) is 13.5 Å². The molecular weight excluding hydrogens is 308 g/mol. The maximum absolute atomic E-state index is 11.5. The molecule has 2 aromatic rings. The number of halogens is 1. The molecule has 1 aromatic heterocycles. The summed E-state index contributed by atoms with van der Waals surface area (Å²) >= 11 is 3.34. The minimum absolute atomic E-state index is 0.0821. The molecule has 1 aromatic carbocycles. The van der Waals surface area contributed by atoms with Crippen molar-refractivity contribution in [2.45, 2.75) is 27.3 Å². The molecular formula is C14H15BrN2O2. The van der Waals surface area contributed by atoms with E-state index in [2.05, 4.69) is 20.9 Å². The molecule has 0 spiro atoms. The van der Waals surface area contributed by atoms with Crippen molar-refractivity contribution in [2.24, 2.45) is 0 Å². The van der Waals surface area contributed by atoms with Crippen LogP contribution in [0.3, 0.4) is 0 Å². The monoisotopic (exact) mass is 322 g/mol. The Morgan fingerprint density at radius 3 is 2.53 bits per heavy atom. The van der Waals surface area contributed by atoms with E-state index in [1.54, 1.807) is 4.57 Å². The standard InChI is InChI=1S/C14H15BrN2O2/c1-4-17-13(10(3)18)16-12(15)14(17)19-11-7-5-9(2)6-8-11/h5-8H,4H2,1-3H3. The quantitative estimate of drug-likeness (QED) is 0.800. The Morgan fingerprint density at radius 1 is 1.37 bits per heavy atom. The number of ketones is 1. The zero-order chi connectivity index (χ0) is 14.0. The maximum atomic E-state index is 11.5. The number of nitrogens with zero attached hydrogens (tertiary/aromatic N) is 2. The van der Waals surface area contributed by atoms with Gasteiger partial charge in [0.1, 0.15) is 5.75 Å². The van der Waals surface area contributed by atoms with E-state index in [4.69, 9.17) is 4.74 Å². The summed E-state index contributed by atoms with van der Waals surface area (Å²) in [5.41, 5.74) is 1.17. The zero-order valence-corrected chi connectivity index (χ0v) is 12.7. The van der Waals surface area contributed by atoms with Crippen molar-refractivity contribution in [1.82, 2.24) is 9.55 Å². The lowest BCUT2D eigenvalue weighted by atomic mass is 10.2. The summed E-state index contributed by atoms with van der Waals surface area (Å²) in [5, 5.41) is 0. The van der Waals surface area contributed by atoms with Gasteiger partial charge in [0.25, 0.3) is 0 Å². The Morgan fingerprint density at radius 2 is 2.00 bits per heavy atom. The van der Waals surface area contributed by atoms with Gasteiger partial charge in [-0.25, -0.2) is 4.98 Å². The molecule has 0 aliphatic rings. The molecule has 0 fully saturated rings. The van der Waals surface area contributed by atoms with Gasteiger partial charge < -0.3 is 4.74 Å². The summed E-state index contributed by atoms with van der Waals surface area (Å²) in [7, 11) is 0. The van der Waals surface area contributed by atoms with Crippen LogP contribution in [0.15, 0.2) is 28.9 Å². The Kier molecular flexibility index (Phi) is 4.04. The van der Waals surface area contributed by atoms with E-state index in [1.165, 1.54) is 12.5 Å². The summed E-state index contributed by atoms with van der Waals surface area (Å²) < 4.78 is 8.12. The van der Waals surface area contributed by atoms with Crippen LogP contribution >= 0.6 is 15.9 Å². The van der Waals surface area contributed by atoms with Gasteiger partial charge in [-0.15, -0.1) is 0 Å². The van der Waals surface area contributed by atoms with Gasteiger partial charge in [0.15, 0.2) is 16.2 Å². The largest absolute Gasteiger partial charge is 0.438 e. The highest BCUT2D eigenvalue weighted by Gasteiger charge is 2.19. The van der Waals surface area contributed by atoms with Crippen LogP contribution in [0.25, 0.3) is 0 Å². The average molecular weight is 323 g/mol. The number of benzene rings is 1. The molecule has 4 nitrogen and oxygen atoms in total. The van der Waals surface area contributed by atoms with E-state index >= 15 is 0 Å². The van der Waals surface area contributed by atoms with Gasteiger partial charge in [-0.2, -0.15) is 0 Å². The normalized spacial score (nSPS) is 10.5. The summed E-state index contributed by atoms with van der Waals surface area (Å²) in [6, 6.07) is 7.73. The van der Waals surface area contributed by atoms with Gasteiger partial charge in [-0.05, 0) is 41.9 Å². The lowest BCUT2D eigenvalue weighted by Crippen LogP contribution is -2.07. The van der Waals surface area contributed by atoms with Crippen LogP contribution in [0.4, 0.5) is 0 Å². The van der Waals surface area contributed by atoms with E-state index < -0.39 is 0 Å². The number of hydrogen-bond acceptors (Lipinski definition) is 3. The molecule has 2 rings (SSSR count). The fourth-order valence-electron chi connectivity index (χ4n) is 1.79. The van der Waals surface area contributed by atoms with Crippen molar-refractivity contribution in [3.8, 4) is 11.6 Å². The van der Waals surface area contributed by atoms with E-state index in [0.717, 1.165) is 5.75 Å². The molecule has 0 radical (unpaired) electrons. The van der Waals surface area contributed by atoms with Crippen LogP contribution in [0.1, 0.15) is 30.0 Å². The van der Waals surface area contributed by atoms with Crippen molar-refractivity contribution in [3.63, 3.8) is 0 Å². The molecule has 100 valence electrons. The minimum Gasteiger partial charge on any atom is -0.438 e. The second kappa shape index (κ2) is 5.57. The first-order valence-electron chi connectivity index (χ1n) is 6.04. The Labute approximate surface area is 120 Å². The number of carbonyl (C=O) groups is 1. The van der Waals surface area contributed by atoms with Crippen LogP contribution in [-0.2, 0) is 6.54 Å². The summed E-state index contributed by atoms with van der Waals surface area (Å²) in [6.07, 6.45) is 0. The first-order valence-corrected chi connectivity index (χ1v) is 6.83. The molecule has 0 bridgehead atoms. The highest BCUT2D eigenvalue weighted by Crippen LogP contribution is 2.31. The molecule has 5 heteroatoms. The Bertz CT molecular complexity index is 603. The minimum atomic E-state index is -0.0821. The molecule has 0 amide bonds. The lowest BCUT2D eigenvalue weighted by Gasteiger charge is -2.09. The third kappa shape index (κ3) is 2.87. The van der Waals surface area contributed by atoms with Crippen molar-refractivity contribution >= 4 is 21.7 Å². The molecule has 1 heterocycles. The molecule has 0 unspecified atom stereocenters. The van der Waals surface area contributed by atoms with Gasteiger partial charge >= 0.3 is 0 Å². The van der Waals surface area contributed by atoms with Gasteiger partial charge in [-0.3, -0.25) is 9.36 Å². The summed E-state index contributed by atoms with van der Waals surface area (Å²) in [4.78, 5) is 15.7. The first kappa shape index (κ1) is 13.8. The van der Waals surface area contributed by atoms with Crippen LogP contribution in [0.5, 0.6) is 11.6 Å². The third-order valence-corrected chi connectivity index (χ3v) is 3.26. The Balaban J connectivity index is 2.39. The van der Waals surface area contributed by atoms with Crippen LogP contribution in [0.2, 0.25) is 0 Å². The van der Waals surface area contributed by atoms with Crippen molar-refractivity contribution in [1.29, 1.82) is 0 Å². The number of hydrogen-bond donors (Lipinski definition) is 0. The number of Topliss-reactive ketones (excluding diaryl/α,β-unsaturated/α-hetero) is 1. The number of ether oxygens (including phenoxy) is 1. The third-order valence-electron chi connectivity index (χ3n) is 2.75. The number of aromatic nitrogens is 2. The fraction of sp³-hybridized carbons (Fsp3) is 0.286. The molecule has 0 atom stereocenters. The molecule has 0 aliphatic carbocycles. The smallest absolute Gasteiger partial charge is 0.234 e. The number of rotatable bonds is 4. The van der Waals surface area contributed by atoms with Crippen molar-refractivity contribution in [2.75, 3.05) is 0 Å². The van der Waals surface area contributed by atoms with Gasteiger partial charge in [-0.1, -0.05) is 17.7 Å². The van der Waals surface area contributed by atoms with Gasteiger partial charge in [0.2, 0.25) is 5.88 Å². The lowest BCUT2D eigenvalue weighted by molar-refractivity contribution is 0.0998. The van der Waals surface area contributed by atoms with E-state index in [0.29, 0.717) is 22.9 Å². The van der Waals surface area contributed by atoms with Crippen LogP contribution in [-0.4, -0.2) is 15.3 Å². The molecule has 0 N–H and O–H groups in total. The maximum Gasteiger partial charge on any atom is 0.234 e. The topological polar surface area (TPSA) is 44.1 Å². The fourth-order valence-corrected chi connectivity index (χ4v) is 2.25. The first-order chi connectivity index (χ1) is 9.02. The SMILES string of the molecule is CCn1c(C(C)=O)nc(Br)c1Oc1ccc(C)cc1. The van der Waals surface area contributed by atoms with Crippen LogP contribution < -0.4 is 4.74 Å². The summed E-state index contributed by atoms with van der Waals surface area (Å²) in [6.45, 7) is 6.08. The number of carbonyl (C=O) groups excluding carboxylic acids is 1. The number of imidazole rings is 1. The molecule has 0 aliphatic heterocycles. The van der Waals surface area contributed by atoms with Crippen molar-refractivity contribution in [3.05, 3.63) is 40.3 Å². The van der Waals surface area contributed by atoms with Crippen molar-refractivity contribution < 1.29 is 9.53 Å². The Hall–Kier alpha value is -1.62. The van der Waals surface area contributed by atoms with Gasteiger partial charge in [0.05, 0.1) is 0 Å².